The predicted molar refractivity (Wildman–Crippen MR) is 90.3 cm³/mol. The number of allylic oxidation sites excluding steroid dienone is 2. The number of hydrogen-bond donors (Lipinski definition) is 2. The molecule has 0 aromatic carbocycles. The standard InChI is InChI=1S/C16H14Cl2N4O2/c17-14-10-22(11-15(18)13(14)9-20-24)6-2-1-5-21-7-3-12(4-8-21)16(19)23/h1-4,7-11H,5-6H2,(H-,19,23)/p+2. The number of nitrogens with zero attached hydrogens (tertiary/aromatic N) is 3. The predicted octanol–water partition coefficient (Wildman–Crippen LogP) is 1.73. The average Bonchev–Trinajstić information content (AvgIpc) is 2.55. The monoisotopic (exact) mass is 366 g/mol. The van der Waals surface area contributed by atoms with E-state index in [1.54, 1.807) is 36.9 Å². The quantitative estimate of drug-likeness (QED) is 0.268. The molecule has 6 nitrogen and oxygen atoms in total. The topological polar surface area (TPSA) is 83.4 Å². The summed E-state index contributed by atoms with van der Waals surface area (Å²) in [5.74, 6) is -0.447. The third-order valence-corrected chi connectivity index (χ3v) is 3.84. The number of hydrogen-bond acceptors (Lipinski definition) is 3. The van der Waals surface area contributed by atoms with Gasteiger partial charge in [-0.05, 0) is 12.2 Å². The molecule has 2 aromatic rings. The molecule has 3 N–H and O–H groups in total. The molecule has 0 atom stereocenters. The van der Waals surface area contributed by atoms with E-state index in [2.05, 4.69) is 5.16 Å². The molecule has 0 fully saturated rings. The Kier molecular flexibility index (Phi) is 6.28. The van der Waals surface area contributed by atoms with E-state index in [1.807, 2.05) is 21.3 Å². The van der Waals surface area contributed by atoms with Crippen molar-refractivity contribution >= 4 is 35.3 Å². The summed E-state index contributed by atoms with van der Waals surface area (Å²) in [4.78, 5) is 11.0. The third-order valence-electron chi connectivity index (χ3n) is 3.23. The van der Waals surface area contributed by atoms with Crippen molar-refractivity contribution in [1.82, 2.24) is 0 Å². The van der Waals surface area contributed by atoms with E-state index in [4.69, 9.17) is 34.1 Å². The van der Waals surface area contributed by atoms with Gasteiger partial charge >= 0.3 is 0 Å². The maximum absolute atomic E-state index is 11.0. The minimum atomic E-state index is -0.447. The second-order valence-electron chi connectivity index (χ2n) is 4.93. The molecule has 2 aromatic heterocycles. The van der Waals surface area contributed by atoms with Crippen LogP contribution in [0.1, 0.15) is 15.9 Å². The molecule has 0 aliphatic rings. The molecule has 0 aliphatic carbocycles. The van der Waals surface area contributed by atoms with Crippen LogP contribution in [0.4, 0.5) is 0 Å². The molecule has 24 heavy (non-hydrogen) atoms. The van der Waals surface area contributed by atoms with Gasteiger partial charge in [-0.2, -0.15) is 4.57 Å². The molecule has 1 amide bonds. The van der Waals surface area contributed by atoms with E-state index >= 15 is 0 Å². The summed E-state index contributed by atoms with van der Waals surface area (Å²) in [6.45, 7) is 1.23. The van der Waals surface area contributed by atoms with Crippen LogP contribution in [-0.4, -0.2) is 17.3 Å². The third kappa shape index (κ3) is 4.78. The number of oxime groups is 1. The summed E-state index contributed by atoms with van der Waals surface area (Å²) in [5, 5.41) is 12.3. The highest BCUT2D eigenvalue weighted by molar-refractivity contribution is 6.38. The van der Waals surface area contributed by atoms with Gasteiger partial charge in [0, 0.05) is 17.7 Å². The fraction of sp³-hybridized carbons (Fsp3) is 0.125. The van der Waals surface area contributed by atoms with Gasteiger partial charge in [-0.1, -0.05) is 28.4 Å². The zero-order valence-electron chi connectivity index (χ0n) is 12.6. The number of nitrogens with two attached hydrogens (primary N) is 1. The van der Waals surface area contributed by atoms with Crippen molar-refractivity contribution in [2.45, 2.75) is 13.1 Å². The number of pyridine rings is 2. The maximum atomic E-state index is 11.0. The zero-order valence-corrected chi connectivity index (χ0v) is 14.2. The van der Waals surface area contributed by atoms with Crippen molar-refractivity contribution in [2.75, 3.05) is 0 Å². The highest BCUT2D eigenvalue weighted by Crippen LogP contribution is 2.19. The summed E-state index contributed by atoms with van der Waals surface area (Å²) >= 11 is 12.2. The molecule has 124 valence electrons. The first-order valence-corrected chi connectivity index (χ1v) is 7.76. The second-order valence-corrected chi connectivity index (χ2v) is 5.74. The summed E-state index contributed by atoms with van der Waals surface area (Å²) in [6.07, 6.45) is 12.1. The smallest absolute Gasteiger partial charge is 0.249 e. The minimum Gasteiger partial charge on any atom is -0.411 e. The van der Waals surface area contributed by atoms with Crippen molar-refractivity contribution in [3.63, 3.8) is 0 Å². The number of carbonyl (C=O) groups excluding carboxylic acids is 1. The largest absolute Gasteiger partial charge is 0.411 e. The Bertz CT molecular complexity index is 766. The molecule has 0 saturated heterocycles. The van der Waals surface area contributed by atoms with Gasteiger partial charge in [-0.3, -0.25) is 4.79 Å². The summed E-state index contributed by atoms with van der Waals surface area (Å²) in [6, 6.07) is 3.35. The van der Waals surface area contributed by atoms with Crippen LogP contribution >= 0.6 is 23.2 Å². The lowest BCUT2D eigenvalue weighted by Gasteiger charge is -1.99. The fourth-order valence-corrected chi connectivity index (χ4v) is 2.60. The van der Waals surface area contributed by atoms with Crippen molar-refractivity contribution in [3.8, 4) is 0 Å². The first kappa shape index (κ1) is 17.9. The number of primary amides is 1. The van der Waals surface area contributed by atoms with Crippen LogP contribution in [0, 0.1) is 0 Å². The highest BCUT2D eigenvalue weighted by atomic mass is 35.5. The number of amides is 1. The van der Waals surface area contributed by atoms with Gasteiger partial charge in [-0.15, -0.1) is 0 Å². The fourth-order valence-electron chi connectivity index (χ4n) is 2.00. The molecule has 0 bridgehead atoms. The SMILES string of the molecule is NC(=O)c1cc[n+](CC=CC[n+]2cc(Cl)c(C=NO)c(Cl)c2)cc1. The minimum absolute atomic E-state index is 0.394. The molecule has 0 aliphatic heterocycles. The molecule has 2 heterocycles. The number of aromatic nitrogens is 2. The van der Waals surface area contributed by atoms with E-state index in [-0.39, 0.29) is 0 Å². The van der Waals surface area contributed by atoms with E-state index in [0.717, 1.165) is 0 Å². The number of halogens is 2. The first-order chi connectivity index (χ1) is 11.5. The molecule has 0 saturated carbocycles. The Morgan fingerprint density at radius 1 is 1.12 bits per heavy atom. The molecule has 2 rings (SSSR count). The molecule has 0 unspecified atom stereocenters. The van der Waals surface area contributed by atoms with E-state index in [1.165, 1.54) is 6.21 Å². The van der Waals surface area contributed by atoms with Gasteiger partial charge in [0.25, 0.3) is 0 Å². The highest BCUT2D eigenvalue weighted by Gasteiger charge is 2.11. The Labute approximate surface area is 149 Å². The summed E-state index contributed by atoms with van der Waals surface area (Å²) < 4.78 is 3.73. The van der Waals surface area contributed by atoms with Crippen LogP contribution in [0.15, 0.2) is 54.2 Å². The average molecular weight is 367 g/mol. The Morgan fingerprint density at radius 3 is 2.17 bits per heavy atom. The van der Waals surface area contributed by atoms with Gasteiger partial charge in [0.15, 0.2) is 37.9 Å². The molecular weight excluding hydrogens is 351 g/mol. The van der Waals surface area contributed by atoms with Gasteiger partial charge in [0.05, 0.1) is 11.8 Å². The van der Waals surface area contributed by atoms with Crippen LogP contribution < -0.4 is 14.9 Å². The lowest BCUT2D eigenvalue weighted by Crippen LogP contribution is -2.34. The second kappa shape index (κ2) is 8.42. The summed E-state index contributed by atoms with van der Waals surface area (Å²) in [5.41, 5.74) is 6.13. The molecule has 0 spiro atoms. The van der Waals surface area contributed by atoms with E-state index < -0.39 is 5.91 Å². The van der Waals surface area contributed by atoms with Gasteiger partial charge < -0.3 is 10.9 Å². The van der Waals surface area contributed by atoms with Gasteiger partial charge in [0.2, 0.25) is 5.91 Å². The van der Waals surface area contributed by atoms with E-state index in [0.29, 0.717) is 34.3 Å². The lowest BCUT2D eigenvalue weighted by molar-refractivity contribution is -0.691. The van der Waals surface area contributed by atoms with Crippen molar-refractivity contribution in [3.05, 3.63) is 70.2 Å². The van der Waals surface area contributed by atoms with Crippen LogP contribution in [-0.2, 0) is 13.1 Å². The normalized spacial score (nSPS) is 11.4. The van der Waals surface area contributed by atoms with Gasteiger partial charge in [0.1, 0.15) is 10.0 Å². The van der Waals surface area contributed by atoms with E-state index in [9.17, 15) is 4.79 Å². The first-order valence-electron chi connectivity index (χ1n) is 7.00. The van der Waals surface area contributed by atoms with Crippen molar-refractivity contribution < 1.29 is 19.1 Å². The number of carbonyl (C=O) groups is 1. The Hall–Kier alpha value is -2.44. The zero-order chi connectivity index (χ0) is 17.5. The molecule has 8 heteroatoms. The van der Waals surface area contributed by atoms with Crippen LogP contribution in [0.3, 0.4) is 0 Å². The van der Waals surface area contributed by atoms with Crippen LogP contribution in [0.5, 0.6) is 0 Å². The maximum Gasteiger partial charge on any atom is 0.249 e. The van der Waals surface area contributed by atoms with Crippen molar-refractivity contribution in [1.29, 1.82) is 0 Å². The van der Waals surface area contributed by atoms with Crippen molar-refractivity contribution in [2.24, 2.45) is 10.9 Å². The van der Waals surface area contributed by atoms with Crippen LogP contribution in [0.25, 0.3) is 0 Å². The molecular formula is C16H16Cl2N4O2+2. The molecule has 0 radical (unpaired) electrons. The van der Waals surface area contributed by atoms with Gasteiger partial charge in [-0.25, -0.2) is 4.57 Å². The Balaban J connectivity index is 1.98. The van der Waals surface area contributed by atoms with Crippen LogP contribution in [0.2, 0.25) is 10.0 Å². The lowest BCUT2D eigenvalue weighted by atomic mass is 10.2. The Morgan fingerprint density at radius 2 is 1.67 bits per heavy atom. The number of rotatable bonds is 6. The summed E-state index contributed by atoms with van der Waals surface area (Å²) in [7, 11) is 0.